The molecule has 1 aromatic carbocycles. The molecule has 1 atom stereocenters. The molecule has 1 heteroatoms. The minimum atomic E-state index is 0.744. The molecule has 1 aromatic rings. The fourth-order valence-electron chi connectivity index (χ4n) is 2.57. The van der Waals surface area contributed by atoms with Crippen LogP contribution in [-0.2, 0) is 6.42 Å². The molecule has 0 aromatic heterocycles. The third kappa shape index (κ3) is 2.65. The van der Waals surface area contributed by atoms with Crippen molar-refractivity contribution >= 4 is 0 Å². The van der Waals surface area contributed by atoms with Crippen LogP contribution in [0.25, 0.3) is 0 Å². The van der Waals surface area contributed by atoms with Crippen LogP contribution in [0.4, 0.5) is 0 Å². The van der Waals surface area contributed by atoms with Gasteiger partial charge in [0.05, 0.1) is 0 Å². The van der Waals surface area contributed by atoms with E-state index in [0.29, 0.717) is 0 Å². The SMILES string of the molecule is Cc1ccc2c(c1)C(CNCC(C)C)CC2. The number of fused-ring (bicyclic) bond motifs is 1. The number of nitrogens with one attached hydrogen (secondary N) is 1. The molecule has 0 amide bonds. The Labute approximate surface area is 99.3 Å². The molecule has 2 rings (SSSR count). The summed E-state index contributed by atoms with van der Waals surface area (Å²) in [5.41, 5.74) is 4.56. The first-order valence-corrected chi connectivity index (χ1v) is 6.47. The Morgan fingerprint density at radius 1 is 1.38 bits per heavy atom. The summed E-state index contributed by atoms with van der Waals surface area (Å²) in [6.45, 7) is 9.00. The molecule has 0 fully saturated rings. The van der Waals surface area contributed by atoms with Crippen molar-refractivity contribution in [1.82, 2.24) is 5.32 Å². The van der Waals surface area contributed by atoms with E-state index in [2.05, 4.69) is 44.3 Å². The van der Waals surface area contributed by atoms with Gasteiger partial charge < -0.3 is 5.32 Å². The van der Waals surface area contributed by atoms with Crippen LogP contribution in [-0.4, -0.2) is 13.1 Å². The molecule has 0 saturated heterocycles. The Morgan fingerprint density at radius 3 is 2.94 bits per heavy atom. The average molecular weight is 217 g/mol. The molecule has 1 unspecified atom stereocenters. The highest BCUT2D eigenvalue weighted by molar-refractivity contribution is 5.38. The molecule has 0 spiro atoms. The topological polar surface area (TPSA) is 12.0 Å². The minimum Gasteiger partial charge on any atom is -0.316 e. The van der Waals surface area contributed by atoms with E-state index in [9.17, 15) is 0 Å². The smallest absolute Gasteiger partial charge is 0.00204 e. The summed E-state index contributed by atoms with van der Waals surface area (Å²) >= 11 is 0. The van der Waals surface area contributed by atoms with Crippen LogP contribution in [0.5, 0.6) is 0 Å². The molecule has 0 heterocycles. The Kier molecular flexibility index (Phi) is 3.65. The molecule has 1 aliphatic carbocycles. The summed E-state index contributed by atoms with van der Waals surface area (Å²) in [5, 5.41) is 3.59. The molecular weight excluding hydrogens is 194 g/mol. The van der Waals surface area contributed by atoms with Gasteiger partial charge in [0.25, 0.3) is 0 Å². The highest BCUT2D eigenvalue weighted by Gasteiger charge is 2.21. The molecule has 1 aliphatic rings. The second-order valence-electron chi connectivity index (χ2n) is 5.49. The van der Waals surface area contributed by atoms with Gasteiger partial charge >= 0.3 is 0 Å². The summed E-state index contributed by atoms with van der Waals surface area (Å²) in [4.78, 5) is 0. The van der Waals surface area contributed by atoms with E-state index in [0.717, 1.165) is 24.9 Å². The Bertz CT molecular complexity index is 354. The minimum absolute atomic E-state index is 0.744. The molecule has 1 N–H and O–H groups in total. The van der Waals surface area contributed by atoms with Crippen LogP contribution >= 0.6 is 0 Å². The number of aryl methyl sites for hydroxylation is 2. The van der Waals surface area contributed by atoms with Gasteiger partial charge in [-0.15, -0.1) is 0 Å². The van der Waals surface area contributed by atoms with E-state index < -0.39 is 0 Å². The van der Waals surface area contributed by atoms with Crippen molar-refractivity contribution in [1.29, 1.82) is 0 Å². The first kappa shape index (κ1) is 11.7. The number of hydrogen-bond acceptors (Lipinski definition) is 1. The lowest BCUT2D eigenvalue weighted by Crippen LogP contribution is -2.24. The molecule has 0 radical (unpaired) electrons. The number of rotatable bonds is 4. The van der Waals surface area contributed by atoms with Gasteiger partial charge in [-0.05, 0) is 49.3 Å². The normalized spacial score (nSPS) is 19.1. The van der Waals surface area contributed by atoms with Crippen molar-refractivity contribution < 1.29 is 0 Å². The van der Waals surface area contributed by atoms with Crippen molar-refractivity contribution in [3.05, 3.63) is 34.9 Å². The van der Waals surface area contributed by atoms with Crippen LogP contribution in [0.15, 0.2) is 18.2 Å². The highest BCUT2D eigenvalue weighted by atomic mass is 14.9. The van der Waals surface area contributed by atoms with E-state index in [-0.39, 0.29) is 0 Å². The van der Waals surface area contributed by atoms with Gasteiger partial charge in [-0.2, -0.15) is 0 Å². The van der Waals surface area contributed by atoms with Gasteiger partial charge in [0.15, 0.2) is 0 Å². The fraction of sp³-hybridized carbons (Fsp3) is 0.600. The third-order valence-corrected chi connectivity index (χ3v) is 3.45. The molecule has 0 bridgehead atoms. The van der Waals surface area contributed by atoms with Crippen LogP contribution in [0.1, 0.15) is 42.9 Å². The number of hydrogen-bond donors (Lipinski definition) is 1. The highest BCUT2D eigenvalue weighted by Crippen LogP contribution is 2.33. The van der Waals surface area contributed by atoms with Crippen molar-refractivity contribution in [3.63, 3.8) is 0 Å². The maximum absolute atomic E-state index is 3.59. The van der Waals surface area contributed by atoms with Gasteiger partial charge in [0.1, 0.15) is 0 Å². The van der Waals surface area contributed by atoms with E-state index >= 15 is 0 Å². The largest absolute Gasteiger partial charge is 0.316 e. The zero-order valence-electron chi connectivity index (χ0n) is 10.7. The molecular formula is C15H23N. The van der Waals surface area contributed by atoms with Crippen LogP contribution in [0, 0.1) is 12.8 Å². The van der Waals surface area contributed by atoms with Gasteiger partial charge in [0.2, 0.25) is 0 Å². The predicted octanol–water partition coefficient (Wildman–Crippen LogP) is 3.27. The lowest BCUT2D eigenvalue weighted by molar-refractivity contribution is 0.514. The average Bonchev–Trinajstić information content (AvgIpc) is 2.60. The standard InChI is InChI=1S/C15H23N/c1-11(2)9-16-10-14-7-6-13-5-4-12(3)8-15(13)14/h4-5,8,11,14,16H,6-7,9-10H2,1-3H3. The molecule has 16 heavy (non-hydrogen) atoms. The lowest BCUT2D eigenvalue weighted by atomic mass is 9.99. The monoisotopic (exact) mass is 217 g/mol. The van der Waals surface area contributed by atoms with E-state index in [1.54, 1.807) is 11.1 Å². The Morgan fingerprint density at radius 2 is 2.19 bits per heavy atom. The van der Waals surface area contributed by atoms with Crippen molar-refractivity contribution in [2.45, 2.75) is 39.5 Å². The van der Waals surface area contributed by atoms with Crippen molar-refractivity contribution in [2.24, 2.45) is 5.92 Å². The molecule has 1 nitrogen and oxygen atoms in total. The predicted molar refractivity (Wildman–Crippen MR) is 69.9 cm³/mol. The summed E-state index contributed by atoms with van der Waals surface area (Å²) in [6.07, 6.45) is 2.59. The van der Waals surface area contributed by atoms with Gasteiger partial charge in [-0.1, -0.05) is 37.6 Å². The second kappa shape index (κ2) is 5.01. The van der Waals surface area contributed by atoms with E-state index in [1.165, 1.54) is 18.4 Å². The first-order chi connectivity index (χ1) is 7.66. The zero-order chi connectivity index (χ0) is 11.5. The zero-order valence-corrected chi connectivity index (χ0v) is 10.7. The maximum atomic E-state index is 3.59. The Balaban J connectivity index is 1.97. The summed E-state index contributed by atoms with van der Waals surface area (Å²) in [5.74, 6) is 1.49. The quantitative estimate of drug-likeness (QED) is 0.816. The third-order valence-electron chi connectivity index (χ3n) is 3.45. The second-order valence-corrected chi connectivity index (χ2v) is 5.49. The summed E-state index contributed by atoms with van der Waals surface area (Å²) in [7, 11) is 0. The fourth-order valence-corrected chi connectivity index (χ4v) is 2.57. The van der Waals surface area contributed by atoms with Crippen LogP contribution in [0.3, 0.4) is 0 Å². The van der Waals surface area contributed by atoms with Crippen LogP contribution < -0.4 is 5.32 Å². The molecule has 0 aliphatic heterocycles. The van der Waals surface area contributed by atoms with Gasteiger partial charge in [-0.3, -0.25) is 0 Å². The number of benzene rings is 1. The molecule has 88 valence electrons. The summed E-state index contributed by atoms with van der Waals surface area (Å²) in [6, 6.07) is 6.93. The van der Waals surface area contributed by atoms with E-state index in [1.807, 2.05) is 0 Å². The Hall–Kier alpha value is -0.820. The van der Waals surface area contributed by atoms with Crippen molar-refractivity contribution in [3.8, 4) is 0 Å². The first-order valence-electron chi connectivity index (χ1n) is 6.47. The lowest BCUT2D eigenvalue weighted by Gasteiger charge is -2.14. The van der Waals surface area contributed by atoms with Crippen molar-refractivity contribution in [2.75, 3.05) is 13.1 Å². The molecule has 0 saturated carbocycles. The van der Waals surface area contributed by atoms with Gasteiger partial charge in [0, 0.05) is 6.54 Å². The van der Waals surface area contributed by atoms with Crippen LogP contribution in [0.2, 0.25) is 0 Å². The van der Waals surface area contributed by atoms with Gasteiger partial charge in [-0.25, -0.2) is 0 Å². The maximum Gasteiger partial charge on any atom is 0.00204 e. The summed E-state index contributed by atoms with van der Waals surface area (Å²) < 4.78 is 0. The van der Waals surface area contributed by atoms with E-state index in [4.69, 9.17) is 0 Å².